The van der Waals surface area contributed by atoms with Crippen LogP contribution in [0, 0.1) is 6.92 Å². The van der Waals surface area contributed by atoms with E-state index >= 15 is 0 Å². The van der Waals surface area contributed by atoms with Crippen LogP contribution in [0.2, 0.25) is 0 Å². The molecule has 0 saturated carbocycles. The molecular weight excluding hydrogens is 206 g/mol. The predicted octanol–water partition coefficient (Wildman–Crippen LogP) is 2.59. The number of aromatic amines is 1. The lowest BCUT2D eigenvalue weighted by Gasteiger charge is -2.04. The van der Waals surface area contributed by atoms with Crippen molar-refractivity contribution in [2.75, 3.05) is 6.61 Å². The first kappa shape index (κ1) is 12.5. The van der Waals surface area contributed by atoms with Gasteiger partial charge in [-0.05, 0) is 31.9 Å². The van der Waals surface area contributed by atoms with Crippen molar-refractivity contribution >= 4 is 11.5 Å². The van der Waals surface area contributed by atoms with Crippen molar-refractivity contribution in [3.05, 3.63) is 29.1 Å². The van der Waals surface area contributed by atoms with Gasteiger partial charge >= 0.3 is 5.97 Å². The Bertz CT molecular complexity index is 418. The Hall–Kier alpha value is -1.55. The molecule has 1 aromatic heterocycles. The minimum Gasteiger partial charge on any atom is -0.477 e. The van der Waals surface area contributed by atoms with Crippen LogP contribution in [0.1, 0.15) is 41.2 Å². The fraction of sp³-hybridized carbons (Fsp3) is 0.417. The lowest BCUT2D eigenvalue weighted by Crippen LogP contribution is -1.99. The van der Waals surface area contributed by atoms with E-state index in [-0.39, 0.29) is 5.69 Å². The third kappa shape index (κ3) is 2.33. The monoisotopic (exact) mass is 223 g/mol. The van der Waals surface area contributed by atoms with Crippen LogP contribution in [0.3, 0.4) is 0 Å². The molecular formula is C12H17NO3. The highest BCUT2D eigenvalue weighted by atomic mass is 16.5. The molecule has 2 N–H and O–H groups in total. The fourth-order valence-electron chi connectivity index (χ4n) is 1.76. The summed E-state index contributed by atoms with van der Waals surface area (Å²) in [6.45, 7) is 10.4. The summed E-state index contributed by atoms with van der Waals surface area (Å²) in [6, 6.07) is 0. The Morgan fingerprint density at radius 1 is 1.56 bits per heavy atom. The molecule has 0 aliphatic carbocycles. The molecule has 0 radical (unpaired) electrons. The molecule has 4 heteroatoms. The zero-order chi connectivity index (χ0) is 12.3. The molecule has 1 rings (SSSR count). The Kier molecular flexibility index (Phi) is 3.90. The van der Waals surface area contributed by atoms with E-state index in [2.05, 4.69) is 11.6 Å². The largest absolute Gasteiger partial charge is 0.477 e. The summed E-state index contributed by atoms with van der Waals surface area (Å²) in [5.41, 5.74) is 3.42. The summed E-state index contributed by atoms with van der Waals surface area (Å²) in [5, 5.41) is 9.01. The van der Waals surface area contributed by atoms with Gasteiger partial charge in [-0.2, -0.15) is 0 Å². The zero-order valence-electron chi connectivity index (χ0n) is 9.89. The second-order valence-corrected chi connectivity index (χ2v) is 3.70. The Labute approximate surface area is 94.9 Å². The first-order valence-electron chi connectivity index (χ1n) is 5.17. The minimum absolute atomic E-state index is 0.215. The minimum atomic E-state index is -0.956. The number of aromatic carboxylic acids is 1. The van der Waals surface area contributed by atoms with Crippen LogP contribution in [0.4, 0.5) is 0 Å². The van der Waals surface area contributed by atoms with Crippen LogP contribution in [-0.4, -0.2) is 22.7 Å². The normalized spacial score (nSPS) is 10.4. The summed E-state index contributed by atoms with van der Waals surface area (Å²) in [4.78, 5) is 13.9. The van der Waals surface area contributed by atoms with E-state index in [1.54, 1.807) is 6.92 Å². The number of H-pyrrole nitrogens is 1. The van der Waals surface area contributed by atoms with Crippen molar-refractivity contribution in [3.8, 4) is 0 Å². The van der Waals surface area contributed by atoms with Crippen molar-refractivity contribution in [2.45, 2.75) is 27.4 Å². The van der Waals surface area contributed by atoms with Gasteiger partial charge in [0.05, 0.1) is 6.61 Å². The van der Waals surface area contributed by atoms with E-state index in [0.29, 0.717) is 13.2 Å². The highest BCUT2D eigenvalue weighted by Crippen LogP contribution is 2.25. The predicted molar refractivity (Wildman–Crippen MR) is 62.5 cm³/mol. The van der Waals surface area contributed by atoms with Gasteiger partial charge in [0.1, 0.15) is 5.69 Å². The smallest absolute Gasteiger partial charge is 0.352 e. The number of carboxylic acids is 1. The molecule has 0 aliphatic heterocycles. The molecule has 0 amide bonds. The first-order valence-corrected chi connectivity index (χ1v) is 5.17. The summed E-state index contributed by atoms with van der Waals surface area (Å²) in [6.07, 6.45) is 0. The number of hydrogen-bond donors (Lipinski definition) is 2. The number of allylic oxidation sites excluding steroid dienone is 1. The van der Waals surface area contributed by atoms with E-state index < -0.39 is 5.97 Å². The molecule has 0 aromatic carbocycles. The maximum Gasteiger partial charge on any atom is 0.352 e. The number of aromatic nitrogens is 1. The van der Waals surface area contributed by atoms with Crippen molar-refractivity contribution in [1.29, 1.82) is 0 Å². The molecule has 0 saturated heterocycles. The van der Waals surface area contributed by atoms with E-state index in [1.165, 1.54) is 0 Å². The number of ether oxygens (including phenoxy) is 1. The van der Waals surface area contributed by atoms with Crippen LogP contribution < -0.4 is 0 Å². The van der Waals surface area contributed by atoms with Gasteiger partial charge in [0, 0.05) is 17.9 Å². The highest BCUT2D eigenvalue weighted by Gasteiger charge is 2.18. The van der Waals surface area contributed by atoms with Gasteiger partial charge in [0.2, 0.25) is 0 Å². The van der Waals surface area contributed by atoms with E-state index in [4.69, 9.17) is 9.84 Å². The Morgan fingerprint density at radius 3 is 2.62 bits per heavy atom. The van der Waals surface area contributed by atoms with Crippen LogP contribution >= 0.6 is 0 Å². The van der Waals surface area contributed by atoms with E-state index in [9.17, 15) is 4.79 Å². The summed E-state index contributed by atoms with van der Waals surface area (Å²) < 4.78 is 5.29. The Morgan fingerprint density at radius 2 is 2.19 bits per heavy atom. The maximum atomic E-state index is 11.0. The molecule has 0 spiro atoms. The molecule has 0 fully saturated rings. The third-order valence-corrected chi connectivity index (χ3v) is 2.42. The summed E-state index contributed by atoms with van der Waals surface area (Å²) in [7, 11) is 0. The molecule has 1 heterocycles. The average molecular weight is 223 g/mol. The van der Waals surface area contributed by atoms with Crippen molar-refractivity contribution in [3.63, 3.8) is 0 Å². The van der Waals surface area contributed by atoms with Crippen LogP contribution in [0.25, 0.3) is 5.57 Å². The maximum absolute atomic E-state index is 11.0. The molecule has 1 aromatic rings. The summed E-state index contributed by atoms with van der Waals surface area (Å²) >= 11 is 0. The SMILES string of the molecule is C=C(C)c1c(COCC)[nH]c(C(=O)O)c1C. The fourth-order valence-corrected chi connectivity index (χ4v) is 1.76. The lowest BCUT2D eigenvalue weighted by molar-refractivity contribution is 0.0689. The molecule has 0 bridgehead atoms. The van der Waals surface area contributed by atoms with Gasteiger partial charge in [-0.25, -0.2) is 4.79 Å². The van der Waals surface area contributed by atoms with Gasteiger partial charge < -0.3 is 14.8 Å². The molecule has 0 unspecified atom stereocenters. The van der Waals surface area contributed by atoms with Gasteiger partial charge in [-0.15, -0.1) is 0 Å². The van der Waals surface area contributed by atoms with Gasteiger partial charge in [-0.1, -0.05) is 6.58 Å². The van der Waals surface area contributed by atoms with Crippen molar-refractivity contribution < 1.29 is 14.6 Å². The van der Waals surface area contributed by atoms with E-state index in [0.717, 1.165) is 22.4 Å². The molecule has 0 atom stereocenters. The van der Waals surface area contributed by atoms with Crippen molar-refractivity contribution in [2.24, 2.45) is 0 Å². The van der Waals surface area contributed by atoms with Crippen molar-refractivity contribution in [1.82, 2.24) is 4.98 Å². The second kappa shape index (κ2) is 4.99. The average Bonchev–Trinajstić information content (AvgIpc) is 2.52. The molecule has 88 valence electrons. The number of hydrogen-bond acceptors (Lipinski definition) is 2. The van der Waals surface area contributed by atoms with Crippen LogP contribution in [-0.2, 0) is 11.3 Å². The number of rotatable bonds is 5. The third-order valence-electron chi connectivity index (χ3n) is 2.42. The second-order valence-electron chi connectivity index (χ2n) is 3.70. The number of carboxylic acid groups (broad SMARTS) is 1. The van der Waals surface area contributed by atoms with Crippen LogP contribution in [0.5, 0.6) is 0 Å². The van der Waals surface area contributed by atoms with Crippen LogP contribution in [0.15, 0.2) is 6.58 Å². The standard InChI is InChI=1S/C12H17NO3/c1-5-16-6-9-10(7(2)3)8(4)11(13-9)12(14)15/h13H,2,5-6H2,1,3-4H3,(H,14,15). The quantitative estimate of drug-likeness (QED) is 0.806. The first-order chi connectivity index (χ1) is 7.49. The molecule has 16 heavy (non-hydrogen) atoms. The Balaban J connectivity index is 3.20. The molecule has 4 nitrogen and oxygen atoms in total. The van der Waals surface area contributed by atoms with Gasteiger partial charge in [0.15, 0.2) is 0 Å². The lowest BCUT2D eigenvalue weighted by atomic mass is 10.0. The zero-order valence-corrected chi connectivity index (χ0v) is 9.89. The van der Waals surface area contributed by atoms with Gasteiger partial charge in [0.25, 0.3) is 0 Å². The topological polar surface area (TPSA) is 62.3 Å². The number of nitrogens with one attached hydrogen (secondary N) is 1. The van der Waals surface area contributed by atoms with Gasteiger partial charge in [-0.3, -0.25) is 0 Å². The highest BCUT2D eigenvalue weighted by molar-refractivity contribution is 5.90. The summed E-state index contributed by atoms with van der Waals surface area (Å²) in [5.74, 6) is -0.956. The van der Waals surface area contributed by atoms with E-state index in [1.807, 2.05) is 13.8 Å². The number of carbonyl (C=O) groups is 1. The molecule has 0 aliphatic rings.